The quantitative estimate of drug-likeness (QED) is 0.691. The van der Waals surface area contributed by atoms with Crippen LogP contribution in [0.5, 0.6) is 0 Å². The minimum atomic E-state index is -0.804. The van der Waals surface area contributed by atoms with Gasteiger partial charge >= 0.3 is 5.97 Å². The molecule has 1 aliphatic rings. The number of imidazole rings is 1. The van der Waals surface area contributed by atoms with Gasteiger partial charge in [-0.15, -0.1) is 0 Å². The molecule has 0 aliphatic carbocycles. The predicted octanol–water partition coefficient (Wildman–Crippen LogP) is 2.12. The van der Waals surface area contributed by atoms with Gasteiger partial charge in [-0.25, -0.2) is 4.98 Å². The number of para-hydroxylation sites is 2. The number of carboxylic acid groups (broad SMARTS) is 1. The molecule has 2 aromatic rings. The van der Waals surface area contributed by atoms with E-state index >= 15 is 0 Å². The number of hydrogen-bond acceptors (Lipinski definition) is 4. The van der Waals surface area contributed by atoms with E-state index in [2.05, 4.69) is 15.6 Å². The van der Waals surface area contributed by atoms with Crippen molar-refractivity contribution in [3.63, 3.8) is 0 Å². The molecule has 2 heterocycles. The summed E-state index contributed by atoms with van der Waals surface area (Å²) < 4.78 is 2.19. The van der Waals surface area contributed by atoms with Gasteiger partial charge in [0, 0.05) is 62.9 Å². The van der Waals surface area contributed by atoms with Gasteiger partial charge in [-0.1, -0.05) is 23.9 Å². The van der Waals surface area contributed by atoms with Gasteiger partial charge < -0.3 is 9.67 Å². The second-order valence-corrected chi connectivity index (χ2v) is 6.14. The molecule has 0 spiro atoms. The first-order valence-electron chi connectivity index (χ1n) is 5.65. The number of nitrogens with zero attached hydrogens (tertiary/aromatic N) is 2. The Balaban J connectivity index is 0.00000133. The minimum absolute atomic E-state index is 0. The fourth-order valence-corrected chi connectivity index (χ4v) is 3.52. The molecule has 1 N–H and O–H groups in total. The molecular weight excluding hydrogens is 307 g/mol. The Bertz CT molecular complexity index is 598. The Hall–Kier alpha value is 0.496. The van der Waals surface area contributed by atoms with Crippen LogP contribution in [0.2, 0.25) is 0 Å². The SMILES string of the molecule is O=C(O)CSc1nc2ccccc2n1C1CSC1.[K]. The Morgan fingerprint density at radius 2 is 2.21 bits per heavy atom. The smallest absolute Gasteiger partial charge is 0.313 e. The molecule has 0 amide bonds. The predicted molar refractivity (Wildman–Crippen MR) is 80.2 cm³/mol. The second-order valence-electron chi connectivity index (χ2n) is 4.13. The Labute approximate surface area is 162 Å². The van der Waals surface area contributed by atoms with Crippen LogP contribution in [0.4, 0.5) is 0 Å². The maximum Gasteiger partial charge on any atom is 0.313 e. The van der Waals surface area contributed by atoms with Gasteiger partial charge in [0.05, 0.1) is 22.8 Å². The molecule has 7 heteroatoms. The van der Waals surface area contributed by atoms with Crippen molar-refractivity contribution in [2.24, 2.45) is 0 Å². The summed E-state index contributed by atoms with van der Waals surface area (Å²) >= 11 is 3.21. The largest absolute Gasteiger partial charge is 0.481 e. The zero-order chi connectivity index (χ0) is 12.5. The molecule has 3 rings (SSSR count). The average molecular weight is 319 g/mol. The molecule has 0 atom stereocenters. The molecule has 1 aliphatic heterocycles. The van der Waals surface area contributed by atoms with Gasteiger partial charge in [-0.3, -0.25) is 4.79 Å². The van der Waals surface area contributed by atoms with E-state index in [1.54, 1.807) is 0 Å². The van der Waals surface area contributed by atoms with Crippen LogP contribution in [0.3, 0.4) is 0 Å². The van der Waals surface area contributed by atoms with Gasteiger partial charge in [0.25, 0.3) is 0 Å². The molecule has 4 nitrogen and oxygen atoms in total. The van der Waals surface area contributed by atoms with E-state index in [9.17, 15) is 4.79 Å². The summed E-state index contributed by atoms with van der Waals surface area (Å²) in [6.07, 6.45) is 0. The van der Waals surface area contributed by atoms with Gasteiger partial charge in [0.2, 0.25) is 0 Å². The normalized spacial score (nSPS) is 14.9. The van der Waals surface area contributed by atoms with Crippen molar-refractivity contribution in [1.82, 2.24) is 9.55 Å². The summed E-state index contributed by atoms with van der Waals surface area (Å²) in [5, 5.41) is 9.61. The van der Waals surface area contributed by atoms with Crippen molar-refractivity contribution in [1.29, 1.82) is 0 Å². The first kappa shape index (κ1) is 15.9. The summed E-state index contributed by atoms with van der Waals surface area (Å²) in [7, 11) is 0. The first-order chi connectivity index (χ1) is 8.75. The second kappa shape index (κ2) is 6.97. The third-order valence-corrected chi connectivity index (χ3v) is 5.05. The van der Waals surface area contributed by atoms with Crippen molar-refractivity contribution in [2.45, 2.75) is 11.2 Å². The van der Waals surface area contributed by atoms with Crippen LogP contribution in [0.1, 0.15) is 6.04 Å². The van der Waals surface area contributed by atoms with Crippen LogP contribution in [-0.2, 0) is 4.79 Å². The van der Waals surface area contributed by atoms with Crippen LogP contribution in [0, 0.1) is 0 Å². The number of thioether (sulfide) groups is 2. The Kier molecular flexibility index (Phi) is 5.83. The summed E-state index contributed by atoms with van der Waals surface area (Å²) in [5.74, 6) is 1.42. The fraction of sp³-hybridized carbons (Fsp3) is 0.333. The Morgan fingerprint density at radius 3 is 2.84 bits per heavy atom. The molecule has 0 unspecified atom stereocenters. The van der Waals surface area contributed by atoms with Crippen LogP contribution in [0.15, 0.2) is 29.4 Å². The molecule has 1 aromatic heterocycles. The van der Waals surface area contributed by atoms with Gasteiger partial charge in [-0.05, 0) is 12.1 Å². The third-order valence-electron chi connectivity index (χ3n) is 2.87. The van der Waals surface area contributed by atoms with Crippen molar-refractivity contribution in [3.05, 3.63) is 24.3 Å². The number of carboxylic acids is 1. The average Bonchev–Trinajstić information content (AvgIpc) is 2.64. The number of carbonyl (C=O) groups is 1. The number of fused-ring (bicyclic) bond motifs is 1. The summed E-state index contributed by atoms with van der Waals surface area (Å²) in [4.78, 5) is 15.2. The number of aliphatic carboxylic acids is 1. The van der Waals surface area contributed by atoms with Crippen molar-refractivity contribution in [2.75, 3.05) is 17.3 Å². The molecule has 1 saturated heterocycles. The van der Waals surface area contributed by atoms with Crippen LogP contribution < -0.4 is 0 Å². The van der Waals surface area contributed by atoms with E-state index in [1.165, 1.54) is 11.8 Å². The van der Waals surface area contributed by atoms with Gasteiger partial charge in [-0.2, -0.15) is 11.8 Å². The summed E-state index contributed by atoms with van der Waals surface area (Å²) in [5.41, 5.74) is 2.05. The first-order valence-corrected chi connectivity index (χ1v) is 7.79. The molecule has 95 valence electrons. The number of hydrogen-bond donors (Lipinski definition) is 1. The molecule has 0 saturated carbocycles. The van der Waals surface area contributed by atoms with E-state index in [0.29, 0.717) is 6.04 Å². The third kappa shape index (κ3) is 3.40. The van der Waals surface area contributed by atoms with Crippen LogP contribution >= 0.6 is 23.5 Å². The number of benzene rings is 1. The van der Waals surface area contributed by atoms with E-state index in [4.69, 9.17) is 5.11 Å². The van der Waals surface area contributed by atoms with E-state index in [0.717, 1.165) is 27.7 Å². The number of aromatic nitrogens is 2. The van der Waals surface area contributed by atoms with Crippen LogP contribution in [0.25, 0.3) is 11.0 Å². The molecule has 19 heavy (non-hydrogen) atoms. The summed E-state index contributed by atoms with van der Waals surface area (Å²) in [6, 6.07) is 8.44. The maximum absolute atomic E-state index is 10.7. The van der Waals surface area contributed by atoms with Crippen LogP contribution in [-0.4, -0.2) is 89.3 Å². The standard InChI is InChI=1S/C12H12N2O2S2.K/c15-11(16)7-18-12-13-9-3-1-2-4-10(9)14(12)8-5-17-6-8;/h1-4,8H,5-7H2,(H,15,16);. The van der Waals surface area contributed by atoms with E-state index < -0.39 is 5.97 Å². The van der Waals surface area contributed by atoms with Crippen molar-refractivity contribution in [3.8, 4) is 0 Å². The maximum atomic E-state index is 10.7. The van der Waals surface area contributed by atoms with Crippen molar-refractivity contribution < 1.29 is 9.90 Å². The molecule has 0 bridgehead atoms. The molecule has 1 aromatic carbocycles. The monoisotopic (exact) mass is 319 g/mol. The van der Waals surface area contributed by atoms with Gasteiger partial charge in [0.15, 0.2) is 5.16 Å². The van der Waals surface area contributed by atoms with Gasteiger partial charge in [0.1, 0.15) is 0 Å². The molecule has 1 radical (unpaired) electrons. The Morgan fingerprint density at radius 1 is 1.47 bits per heavy atom. The van der Waals surface area contributed by atoms with E-state index in [-0.39, 0.29) is 57.1 Å². The zero-order valence-electron chi connectivity index (χ0n) is 10.6. The zero-order valence-corrected chi connectivity index (χ0v) is 15.3. The minimum Gasteiger partial charge on any atom is -0.481 e. The molecular formula is C12H12KN2O2S2. The van der Waals surface area contributed by atoms with Crippen molar-refractivity contribution >= 4 is 91.9 Å². The molecule has 1 fully saturated rings. The van der Waals surface area contributed by atoms with E-state index in [1.807, 2.05) is 30.0 Å². The topological polar surface area (TPSA) is 55.1 Å². The number of rotatable bonds is 4. The fourth-order valence-electron chi connectivity index (χ4n) is 1.98. The summed E-state index contributed by atoms with van der Waals surface area (Å²) in [6.45, 7) is 0.